The Kier molecular flexibility index (Phi) is 6.42. The minimum absolute atomic E-state index is 0.0874. The van der Waals surface area contributed by atoms with Crippen LogP contribution in [0.25, 0.3) is 0 Å². The topological polar surface area (TPSA) is 76.2 Å². The molecule has 6 rings (SSSR count). The van der Waals surface area contributed by atoms with Crippen LogP contribution in [0.5, 0.6) is 5.75 Å². The highest BCUT2D eigenvalue weighted by atomic mass is 16.7. The number of ether oxygens (including phenoxy) is 1. The fraction of sp³-hybridized carbons (Fsp3) is 0.156. The van der Waals surface area contributed by atoms with E-state index in [1.807, 2.05) is 84.9 Å². The minimum Gasteiger partial charge on any atom is -0.489 e. The Hall–Kier alpha value is -4.75. The van der Waals surface area contributed by atoms with E-state index >= 15 is 0 Å². The van der Waals surface area contributed by atoms with Gasteiger partial charge < -0.3 is 4.74 Å². The third-order valence-electron chi connectivity index (χ3n) is 7.13. The summed E-state index contributed by atoms with van der Waals surface area (Å²) in [6.45, 7) is 1.91. The van der Waals surface area contributed by atoms with Crippen molar-refractivity contribution in [1.29, 1.82) is 0 Å². The number of ketones is 1. The summed E-state index contributed by atoms with van der Waals surface area (Å²) in [7, 11) is 0. The molecule has 39 heavy (non-hydrogen) atoms. The first kappa shape index (κ1) is 24.6. The monoisotopic (exact) mass is 518 g/mol. The zero-order valence-corrected chi connectivity index (χ0v) is 21.3. The number of imide groups is 1. The first-order valence-electron chi connectivity index (χ1n) is 12.8. The molecule has 0 saturated carbocycles. The summed E-state index contributed by atoms with van der Waals surface area (Å²) in [6.07, 6.45) is -0.968. The number of anilines is 2. The highest BCUT2D eigenvalue weighted by molar-refractivity contribution is 6.24. The van der Waals surface area contributed by atoms with E-state index in [9.17, 15) is 14.4 Å². The number of fused-ring (bicyclic) bond motifs is 1. The van der Waals surface area contributed by atoms with Gasteiger partial charge in [-0.1, -0.05) is 60.7 Å². The Morgan fingerprint density at radius 1 is 0.769 bits per heavy atom. The van der Waals surface area contributed by atoms with Gasteiger partial charge in [0.25, 0.3) is 5.91 Å². The smallest absolute Gasteiger partial charge is 0.266 e. The van der Waals surface area contributed by atoms with Crippen LogP contribution in [-0.4, -0.2) is 23.7 Å². The Balaban J connectivity index is 1.30. The van der Waals surface area contributed by atoms with Crippen molar-refractivity contribution in [2.75, 3.05) is 9.96 Å². The second-order valence-electron chi connectivity index (χ2n) is 9.62. The van der Waals surface area contributed by atoms with Crippen molar-refractivity contribution in [3.05, 3.63) is 126 Å². The van der Waals surface area contributed by atoms with Gasteiger partial charge in [-0.05, 0) is 66.6 Å². The molecule has 0 aliphatic carbocycles. The molecule has 3 atom stereocenters. The fourth-order valence-electron chi connectivity index (χ4n) is 5.15. The first-order chi connectivity index (χ1) is 19.0. The van der Waals surface area contributed by atoms with E-state index in [1.165, 1.54) is 11.8 Å². The quantitative estimate of drug-likeness (QED) is 0.237. The van der Waals surface area contributed by atoms with E-state index in [4.69, 9.17) is 9.57 Å². The van der Waals surface area contributed by atoms with Crippen molar-refractivity contribution < 1.29 is 24.0 Å². The maximum absolute atomic E-state index is 13.8. The molecule has 7 heteroatoms. The molecule has 4 aromatic carbocycles. The van der Waals surface area contributed by atoms with Crippen molar-refractivity contribution in [3.8, 4) is 5.75 Å². The lowest BCUT2D eigenvalue weighted by Gasteiger charge is -2.29. The van der Waals surface area contributed by atoms with E-state index in [0.717, 1.165) is 16.8 Å². The molecule has 0 spiro atoms. The van der Waals surface area contributed by atoms with E-state index in [0.29, 0.717) is 23.6 Å². The van der Waals surface area contributed by atoms with E-state index < -0.39 is 24.0 Å². The maximum atomic E-state index is 13.8. The molecule has 2 aliphatic heterocycles. The van der Waals surface area contributed by atoms with Crippen LogP contribution in [0.1, 0.15) is 34.5 Å². The van der Waals surface area contributed by atoms with Gasteiger partial charge >= 0.3 is 0 Å². The summed E-state index contributed by atoms with van der Waals surface area (Å²) >= 11 is 0. The number of carbonyl (C=O) groups excluding carboxylic acids is 3. The number of amides is 2. The summed E-state index contributed by atoms with van der Waals surface area (Å²) in [5, 5.41) is 1.67. The third kappa shape index (κ3) is 4.57. The number of para-hydroxylation sites is 1. The van der Waals surface area contributed by atoms with Crippen LogP contribution in [0.2, 0.25) is 0 Å². The van der Waals surface area contributed by atoms with Crippen LogP contribution in [0.15, 0.2) is 109 Å². The number of rotatable bonds is 7. The average molecular weight is 519 g/mol. The van der Waals surface area contributed by atoms with E-state index in [1.54, 1.807) is 29.3 Å². The summed E-state index contributed by atoms with van der Waals surface area (Å²) in [6, 6.07) is 32.9. The average Bonchev–Trinajstić information content (AvgIpc) is 3.49. The molecule has 0 unspecified atom stereocenters. The van der Waals surface area contributed by atoms with Gasteiger partial charge in [0.2, 0.25) is 5.91 Å². The number of carbonyl (C=O) groups is 3. The van der Waals surface area contributed by atoms with Crippen LogP contribution >= 0.6 is 0 Å². The molecular formula is C32H26N2O5. The highest BCUT2D eigenvalue weighted by Gasteiger charge is 2.60. The number of benzene rings is 4. The molecule has 0 N–H and O–H groups in total. The molecule has 2 amide bonds. The number of nitrogens with zero attached hydrogens (tertiary/aromatic N) is 2. The number of hydroxylamine groups is 1. The zero-order valence-electron chi connectivity index (χ0n) is 21.3. The number of Topliss-reactive ketones (excluding diaryl/α,β-unsaturated/α-hetero) is 1. The summed E-state index contributed by atoms with van der Waals surface area (Å²) in [4.78, 5) is 46.4. The number of hydrogen-bond donors (Lipinski definition) is 0. The zero-order chi connectivity index (χ0) is 26.9. The standard InChI is InChI=1S/C32H26N2O5/c1-21(35)23-12-16-25(17-13-23)33-31(36)28-29(34(39-30(28)32(33)37)26-10-6-3-7-11-26)24-14-18-27(19-15-24)38-20-22-8-4-2-5-9-22/h2-19,28-30H,20H2,1H3/t28-,29-,30+/m1/s1. The lowest BCUT2D eigenvalue weighted by Crippen LogP contribution is -2.37. The van der Waals surface area contributed by atoms with Crippen molar-refractivity contribution in [1.82, 2.24) is 0 Å². The molecule has 0 aromatic heterocycles. The number of hydrogen-bond acceptors (Lipinski definition) is 6. The Bertz CT molecular complexity index is 1500. The molecule has 0 bridgehead atoms. The van der Waals surface area contributed by atoms with E-state index in [2.05, 4.69) is 0 Å². The van der Waals surface area contributed by atoms with Crippen molar-refractivity contribution in [2.45, 2.75) is 25.7 Å². The molecular weight excluding hydrogens is 492 g/mol. The lowest BCUT2D eigenvalue weighted by molar-refractivity contribution is -0.126. The normalized spacial score (nSPS) is 20.3. The van der Waals surface area contributed by atoms with Gasteiger partial charge in [0.05, 0.1) is 17.4 Å². The Morgan fingerprint density at radius 3 is 2.05 bits per heavy atom. The first-order valence-corrected chi connectivity index (χ1v) is 12.8. The SMILES string of the molecule is CC(=O)c1ccc(N2C(=O)[C@H]3[C@H](ON(c4ccccc4)[C@@H]3c3ccc(OCc4ccccc4)cc3)C2=O)cc1. The molecule has 2 saturated heterocycles. The summed E-state index contributed by atoms with van der Waals surface area (Å²) in [5.74, 6) is -0.901. The molecule has 0 radical (unpaired) electrons. The maximum Gasteiger partial charge on any atom is 0.266 e. The van der Waals surface area contributed by atoms with Crippen molar-refractivity contribution >= 4 is 29.0 Å². The predicted molar refractivity (Wildman–Crippen MR) is 146 cm³/mol. The van der Waals surface area contributed by atoms with Gasteiger partial charge in [0.1, 0.15) is 18.3 Å². The molecule has 2 aliphatic rings. The minimum atomic E-state index is -0.968. The van der Waals surface area contributed by atoms with Gasteiger partial charge in [-0.25, -0.2) is 9.96 Å². The Labute approximate surface area is 226 Å². The second kappa shape index (κ2) is 10.2. The largest absolute Gasteiger partial charge is 0.489 e. The van der Waals surface area contributed by atoms with Crippen LogP contribution in [0, 0.1) is 5.92 Å². The van der Waals surface area contributed by atoms with Gasteiger partial charge in [-0.15, -0.1) is 0 Å². The van der Waals surface area contributed by atoms with Gasteiger partial charge in [-0.3, -0.25) is 19.2 Å². The predicted octanol–water partition coefficient (Wildman–Crippen LogP) is 5.52. The van der Waals surface area contributed by atoms with Crippen LogP contribution in [0.4, 0.5) is 11.4 Å². The molecule has 7 nitrogen and oxygen atoms in total. The molecule has 2 heterocycles. The van der Waals surface area contributed by atoms with Crippen LogP contribution in [-0.2, 0) is 21.0 Å². The molecule has 2 fully saturated rings. The van der Waals surface area contributed by atoms with Crippen LogP contribution in [0.3, 0.4) is 0 Å². The second-order valence-corrected chi connectivity index (χ2v) is 9.62. The van der Waals surface area contributed by atoms with E-state index in [-0.39, 0.29) is 11.7 Å². The van der Waals surface area contributed by atoms with Gasteiger partial charge in [0.15, 0.2) is 11.9 Å². The van der Waals surface area contributed by atoms with Crippen LogP contribution < -0.4 is 14.7 Å². The van der Waals surface area contributed by atoms with Crippen molar-refractivity contribution in [3.63, 3.8) is 0 Å². The third-order valence-corrected chi connectivity index (χ3v) is 7.13. The summed E-state index contributed by atoms with van der Waals surface area (Å²) in [5.41, 5.74) is 3.57. The van der Waals surface area contributed by atoms with Crippen molar-refractivity contribution in [2.24, 2.45) is 5.92 Å². The summed E-state index contributed by atoms with van der Waals surface area (Å²) < 4.78 is 5.95. The highest BCUT2D eigenvalue weighted by Crippen LogP contribution is 2.47. The lowest BCUT2D eigenvalue weighted by atomic mass is 9.90. The fourth-order valence-corrected chi connectivity index (χ4v) is 5.15. The Morgan fingerprint density at radius 2 is 1.41 bits per heavy atom. The molecule has 194 valence electrons. The van der Waals surface area contributed by atoms with Gasteiger partial charge in [0, 0.05) is 5.56 Å². The van der Waals surface area contributed by atoms with Gasteiger partial charge in [-0.2, -0.15) is 0 Å². The molecule has 4 aromatic rings.